The van der Waals surface area contributed by atoms with Gasteiger partial charge in [0.15, 0.2) is 14.7 Å². The Hall–Kier alpha value is 0.110. The molecule has 6 atom stereocenters. The molecule has 0 aliphatic carbocycles. The minimum atomic E-state index is -1.37. The molecule has 0 amide bonds. The lowest BCUT2D eigenvalue weighted by atomic mass is 9.99. The molecule has 20 heavy (non-hydrogen) atoms. The van der Waals surface area contributed by atoms with Gasteiger partial charge in [-0.3, -0.25) is 0 Å². The van der Waals surface area contributed by atoms with Crippen LogP contribution < -0.4 is 0 Å². The molecule has 1 aliphatic heterocycles. The van der Waals surface area contributed by atoms with Gasteiger partial charge in [-0.2, -0.15) is 0 Å². The van der Waals surface area contributed by atoms with Crippen molar-refractivity contribution in [1.29, 1.82) is 0 Å². The third-order valence-corrected chi connectivity index (χ3v) is 3.94. The fourth-order valence-corrected chi connectivity index (χ4v) is 2.13. The highest BCUT2D eigenvalue weighted by Gasteiger charge is 2.44. The van der Waals surface area contributed by atoms with Crippen molar-refractivity contribution >= 4 is 8.38 Å². The fraction of sp³-hybridized carbons (Fsp3) is 1.00. The molecule has 1 fully saturated rings. The van der Waals surface area contributed by atoms with Gasteiger partial charge in [0.25, 0.3) is 0 Å². The van der Waals surface area contributed by atoms with E-state index in [2.05, 4.69) is 0 Å². The Morgan fingerprint density at radius 1 is 1.05 bits per heavy atom. The Kier molecular flexibility index (Phi) is 8.35. The molecule has 0 aromatic heterocycles. The van der Waals surface area contributed by atoms with Crippen LogP contribution in [0.1, 0.15) is 0 Å². The van der Waals surface area contributed by atoms with Gasteiger partial charge in [0, 0.05) is 20.9 Å². The van der Waals surface area contributed by atoms with Crippen LogP contribution in [0.15, 0.2) is 0 Å². The number of aliphatic hydroxyl groups excluding tert-OH is 3. The van der Waals surface area contributed by atoms with Gasteiger partial charge in [0.05, 0.1) is 19.8 Å². The first kappa shape index (κ1) is 18.2. The average molecular weight is 314 g/mol. The minimum Gasteiger partial charge on any atom is -0.387 e. The second kappa shape index (κ2) is 9.19. The van der Waals surface area contributed by atoms with E-state index in [0.29, 0.717) is 6.61 Å². The van der Waals surface area contributed by atoms with E-state index in [1.54, 1.807) is 6.66 Å². The quantitative estimate of drug-likeness (QED) is 0.389. The van der Waals surface area contributed by atoms with Crippen LogP contribution in [0.4, 0.5) is 0 Å². The fourth-order valence-electron chi connectivity index (χ4n) is 1.67. The van der Waals surface area contributed by atoms with Crippen LogP contribution in [0.2, 0.25) is 0 Å². The zero-order chi connectivity index (χ0) is 15.1. The predicted molar refractivity (Wildman–Crippen MR) is 70.3 cm³/mol. The van der Waals surface area contributed by atoms with Gasteiger partial charge in [0.2, 0.25) is 0 Å². The van der Waals surface area contributed by atoms with Gasteiger partial charge in [0.1, 0.15) is 24.4 Å². The summed E-state index contributed by atoms with van der Waals surface area (Å²) in [6, 6.07) is 0. The summed E-state index contributed by atoms with van der Waals surface area (Å²) < 4.78 is 25.8. The number of rotatable bonds is 8. The van der Waals surface area contributed by atoms with E-state index >= 15 is 0 Å². The van der Waals surface area contributed by atoms with E-state index in [0.717, 1.165) is 0 Å². The summed E-state index contributed by atoms with van der Waals surface area (Å²) in [6.45, 7) is 2.32. The maximum atomic E-state index is 9.85. The Balaban J connectivity index is 2.52. The van der Waals surface area contributed by atoms with Crippen molar-refractivity contribution in [3.05, 3.63) is 0 Å². The van der Waals surface area contributed by atoms with Crippen LogP contribution in [-0.4, -0.2) is 86.7 Å². The molecule has 120 valence electrons. The minimum absolute atomic E-state index is 0.0329. The maximum absolute atomic E-state index is 9.85. The Morgan fingerprint density at radius 3 is 2.35 bits per heavy atom. The first-order valence-electron chi connectivity index (χ1n) is 6.22. The van der Waals surface area contributed by atoms with Gasteiger partial charge in [-0.25, -0.2) is 0 Å². The van der Waals surface area contributed by atoms with Crippen LogP contribution in [-0.2, 0) is 23.3 Å². The monoisotopic (exact) mass is 314 g/mol. The van der Waals surface area contributed by atoms with Gasteiger partial charge < -0.3 is 38.6 Å². The molecule has 1 heterocycles. The Bertz CT molecular complexity index is 269. The van der Waals surface area contributed by atoms with Crippen LogP contribution in [0, 0.1) is 0 Å². The number of ether oxygens (including phenoxy) is 3. The van der Waals surface area contributed by atoms with E-state index in [1.165, 1.54) is 14.2 Å². The molecule has 6 unspecified atom stereocenters. The number of aliphatic hydroxyl groups is 3. The zero-order valence-corrected chi connectivity index (χ0v) is 12.7. The lowest BCUT2D eigenvalue weighted by molar-refractivity contribution is -0.301. The van der Waals surface area contributed by atoms with Gasteiger partial charge >= 0.3 is 0 Å². The number of methoxy groups -OCH3 is 1. The first-order valence-corrected chi connectivity index (χ1v) is 7.84. The SMILES string of the molecule is COCCOC1OC(COP(C)OC)C(O)C(O)C1O. The maximum Gasteiger partial charge on any atom is 0.186 e. The van der Waals surface area contributed by atoms with Crippen molar-refractivity contribution in [3.8, 4) is 0 Å². The average Bonchev–Trinajstić information content (AvgIpc) is 2.45. The lowest BCUT2D eigenvalue weighted by Gasteiger charge is -2.40. The molecule has 9 heteroatoms. The summed E-state index contributed by atoms with van der Waals surface area (Å²) in [5, 5.41) is 29.4. The van der Waals surface area contributed by atoms with E-state index in [-0.39, 0.29) is 13.2 Å². The van der Waals surface area contributed by atoms with E-state index in [9.17, 15) is 15.3 Å². The molecular formula is C11H23O8P. The van der Waals surface area contributed by atoms with E-state index < -0.39 is 39.1 Å². The summed E-state index contributed by atoms with van der Waals surface area (Å²) >= 11 is 0. The Morgan fingerprint density at radius 2 is 1.75 bits per heavy atom. The molecule has 0 bridgehead atoms. The topological polar surface area (TPSA) is 107 Å². The molecular weight excluding hydrogens is 291 g/mol. The second-order valence-electron chi connectivity index (χ2n) is 4.30. The number of hydrogen-bond donors (Lipinski definition) is 3. The van der Waals surface area contributed by atoms with Crippen molar-refractivity contribution in [2.75, 3.05) is 40.7 Å². The Labute approximate surface area is 119 Å². The van der Waals surface area contributed by atoms with Crippen LogP contribution in [0.5, 0.6) is 0 Å². The van der Waals surface area contributed by atoms with E-state index in [1.807, 2.05) is 0 Å². The molecule has 0 spiro atoms. The third kappa shape index (κ3) is 5.14. The van der Waals surface area contributed by atoms with Crippen LogP contribution in [0.25, 0.3) is 0 Å². The van der Waals surface area contributed by atoms with Crippen LogP contribution in [0.3, 0.4) is 0 Å². The molecule has 0 aromatic carbocycles. The molecule has 0 aromatic rings. The molecule has 8 nitrogen and oxygen atoms in total. The summed E-state index contributed by atoms with van der Waals surface area (Å²) in [5.74, 6) is 0. The van der Waals surface area contributed by atoms with Gasteiger partial charge in [-0.1, -0.05) is 0 Å². The van der Waals surface area contributed by atoms with Crippen molar-refractivity contribution in [2.24, 2.45) is 0 Å². The van der Waals surface area contributed by atoms with Gasteiger partial charge in [-0.05, 0) is 0 Å². The molecule has 0 radical (unpaired) electrons. The molecule has 1 rings (SSSR count). The van der Waals surface area contributed by atoms with E-state index in [4.69, 9.17) is 23.3 Å². The predicted octanol–water partition coefficient (Wildman–Crippen LogP) is -0.938. The van der Waals surface area contributed by atoms with Crippen LogP contribution >= 0.6 is 8.38 Å². The van der Waals surface area contributed by atoms with Crippen molar-refractivity contribution < 1.29 is 38.6 Å². The lowest BCUT2D eigenvalue weighted by Crippen LogP contribution is -2.59. The van der Waals surface area contributed by atoms with Crippen molar-refractivity contribution in [3.63, 3.8) is 0 Å². The normalized spacial score (nSPS) is 36.0. The molecule has 1 aliphatic rings. The summed E-state index contributed by atoms with van der Waals surface area (Å²) in [6.07, 6.45) is -5.80. The molecule has 3 N–H and O–H groups in total. The largest absolute Gasteiger partial charge is 0.387 e. The summed E-state index contributed by atoms with van der Waals surface area (Å²) in [5.41, 5.74) is 0. The third-order valence-electron chi connectivity index (χ3n) is 2.92. The molecule has 1 saturated heterocycles. The highest BCUT2D eigenvalue weighted by Crippen LogP contribution is 2.33. The van der Waals surface area contributed by atoms with Gasteiger partial charge in [-0.15, -0.1) is 0 Å². The van der Waals surface area contributed by atoms with Crippen molar-refractivity contribution in [2.45, 2.75) is 30.7 Å². The summed E-state index contributed by atoms with van der Waals surface area (Å²) in [4.78, 5) is 0. The standard InChI is InChI=1S/C11H23O8P/c1-15-4-5-17-11-10(14)9(13)8(12)7(19-11)6-18-20(3)16-2/h7-14H,4-6H2,1-3H3. The first-order chi connectivity index (χ1) is 9.51. The number of hydrogen-bond acceptors (Lipinski definition) is 8. The zero-order valence-electron chi connectivity index (χ0n) is 11.8. The highest BCUT2D eigenvalue weighted by molar-refractivity contribution is 7.46. The second-order valence-corrected chi connectivity index (χ2v) is 5.80. The summed E-state index contributed by atoms with van der Waals surface area (Å²) in [7, 11) is 1.96. The smallest absolute Gasteiger partial charge is 0.186 e. The van der Waals surface area contributed by atoms with Crippen molar-refractivity contribution in [1.82, 2.24) is 0 Å². The highest BCUT2D eigenvalue weighted by atomic mass is 31.2. The molecule has 0 saturated carbocycles.